The van der Waals surface area contributed by atoms with Gasteiger partial charge in [-0.2, -0.15) is 0 Å². The molecule has 6 rings (SSSR count). The number of carbonyl (C=O) groups excluding carboxylic acids is 6. The van der Waals surface area contributed by atoms with E-state index in [-0.39, 0.29) is 54.0 Å². The number of nitrogens with one attached hydrogen (secondary N) is 4. The second-order valence-electron chi connectivity index (χ2n) is 17.6. The van der Waals surface area contributed by atoms with Crippen LogP contribution in [0.4, 0.5) is 0 Å². The van der Waals surface area contributed by atoms with Gasteiger partial charge in [0.05, 0.1) is 58.0 Å². The molecule has 15 nitrogen and oxygen atoms in total. The Hall–Kier alpha value is -5.70. The number of unbranched alkanes of at least 4 members (excludes halogenated alkanes) is 1. The van der Waals surface area contributed by atoms with Crippen LogP contribution in [-0.4, -0.2) is 101 Å². The number of H-pyrrole nitrogens is 2. The minimum absolute atomic E-state index is 0.0492. The Bertz CT molecular complexity index is 2460. The molecule has 2 aliphatic heterocycles. The minimum atomic E-state index is -1.30. The van der Waals surface area contributed by atoms with E-state index in [0.717, 1.165) is 29.8 Å². The smallest absolute Gasteiger partial charge is 0.329 e. The molecule has 61 heavy (non-hydrogen) atoms. The number of quaternary nitrogens is 1. The predicted octanol–water partition coefficient (Wildman–Crippen LogP) is 6.51. The molecule has 0 fully saturated rings. The summed E-state index contributed by atoms with van der Waals surface area (Å²) in [7, 11) is 6.54. The van der Waals surface area contributed by atoms with Crippen LogP contribution in [0, 0.1) is 13.8 Å². The maximum absolute atomic E-state index is 14.4. The predicted molar refractivity (Wildman–Crippen MR) is 230 cm³/mol. The lowest BCUT2D eigenvalue weighted by molar-refractivity contribution is -0.906. The molecule has 6 atom stereocenters. The van der Waals surface area contributed by atoms with Crippen LogP contribution >= 0.6 is 0 Å². The Kier molecular flexibility index (Phi) is 13.0. The number of ketones is 2. The van der Waals surface area contributed by atoms with E-state index in [4.69, 9.17) is 19.4 Å². The number of hydrogen-bond acceptors (Lipinski definition) is 10. The molecule has 5 heterocycles. The first-order chi connectivity index (χ1) is 28.8. The molecule has 2 amide bonds. The molecule has 3 aliphatic rings. The van der Waals surface area contributed by atoms with Crippen molar-refractivity contribution in [3.8, 4) is 0 Å². The topological polar surface area (TPSA) is 202 Å². The molecule has 0 radical (unpaired) electrons. The normalized spacial score (nSPS) is 20.0. The van der Waals surface area contributed by atoms with Gasteiger partial charge >= 0.3 is 11.9 Å². The largest absolute Gasteiger partial charge is 0.468 e. The van der Waals surface area contributed by atoms with E-state index in [1.54, 1.807) is 21.1 Å². The van der Waals surface area contributed by atoms with Crippen LogP contribution in [0.3, 0.4) is 0 Å². The van der Waals surface area contributed by atoms with Crippen LogP contribution in [0.25, 0.3) is 22.1 Å². The molecule has 0 saturated heterocycles. The second-order valence-corrected chi connectivity index (χ2v) is 17.6. The van der Waals surface area contributed by atoms with Gasteiger partial charge in [-0.3, -0.25) is 33.9 Å². The van der Waals surface area contributed by atoms with Gasteiger partial charge in [0.1, 0.15) is 12.0 Å². The summed E-state index contributed by atoms with van der Waals surface area (Å²) in [4.78, 5) is 98.5. The highest BCUT2D eigenvalue weighted by molar-refractivity contribution is 6.23. The number of carbonyl (C=O) groups is 6. The summed E-state index contributed by atoms with van der Waals surface area (Å²) in [5.74, 6) is -4.87. The molecular weight excluding hydrogens is 779 g/mol. The number of rotatable bonds is 14. The van der Waals surface area contributed by atoms with Crippen LogP contribution in [-0.2, 0) is 28.7 Å². The van der Waals surface area contributed by atoms with E-state index >= 15 is 0 Å². The van der Waals surface area contributed by atoms with E-state index in [2.05, 4.69) is 34.6 Å². The zero-order valence-corrected chi connectivity index (χ0v) is 37.3. The van der Waals surface area contributed by atoms with Gasteiger partial charge in [-0.15, -0.1) is 0 Å². The monoisotopic (exact) mass is 838 g/mol. The molecule has 1 aliphatic carbocycles. The van der Waals surface area contributed by atoms with Crippen LogP contribution in [0.15, 0.2) is 18.2 Å². The Labute approximate surface area is 356 Å². The Morgan fingerprint density at radius 3 is 2.15 bits per heavy atom. The highest BCUT2D eigenvalue weighted by Gasteiger charge is 2.45. The number of nitrogens with zero attached hydrogens (tertiary/aromatic N) is 3. The van der Waals surface area contributed by atoms with E-state index in [1.807, 2.05) is 45.9 Å². The van der Waals surface area contributed by atoms with Crippen molar-refractivity contribution in [2.24, 2.45) is 0 Å². The average Bonchev–Trinajstić information content (AvgIpc) is 3.93. The van der Waals surface area contributed by atoms with Gasteiger partial charge in [0.15, 0.2) is 11.6 Å². The molecule has 0 saturated carbocycles. The molecule has 3 aromatic rings. The summed E-state index contributed by atoms with van der Waals surface area (Å²) in [6.45, 7) is 13.6. The van der Waals surface area contributed by atoms with E-state index in [9.17, 15) is 28.8 Å². The number of fused-ring (bicyclic) bond motifs is 8. The summed E-state index contributed by atoms with van der Waals surface area (Å²) < 4.78 is 10.8. The first-order valence-corrected chi connectivity index (χ1v) is 21.3. The van der Waals surface area contributed by atoms with Gasteiger partial charge in [0.2, 0.25) is 5.91 Å². The van der Waals surface area contributed by atoms with Crippen molar-refractivity contribution in [3.05, 3.63) is 68.8 Å². The van der Waals surface area contributed by atoms with Crippen molar-refractivity contribution in [1.29, 1.82) is 0 Å². The lowest BCUT2D eigenvalue weighted by atomic mass is 9.83. The number of Topliss-reactive ketones (excluding diaryl/α,β-unsaturated/α-hetero) is 2. The average molecular weight is 839 g/mol. The molecule has 15 heteroatoms. The lowest BCUT2D eigenvalue weighted by Crippen LogP contribution is -2.53. The Balaban J connectivity index is 1.52. The third-order valence-electron chi connectivity index (χ3n) is 12.3. The number of methoxy groups -OCH3 is 1. The maximum atomic E-state index is 14.4. The molecule has 1 unspecified atom stereocenters. The molecule has 8 bridgehead atoms. The fraction of sp³-hybridized carbons (Fsp3) is 0.522. The number of amides is 2. The summed E-state index contributed by atoms with van der Waals surface area (Å²) in [6, 6.07) is 4.59. The van der Waals surface area contributed by atoms with E-state index in [1.165, 1.54) is 14.0 Å². The third-order valence-corrected chi connectivity index (χ3v) is 12.3. The fourth-order valence-corrected chi connectivity index (χ4v) is 9.10. The summed E-state index contributed by atoms with van der Waals surface area (Å²) >= 11 is 0. The Morgan fingerprint density at radius 1 is 0.869 bits per heavy atom. The minimum Gasteiger partial charge on any atom is -0.468 e. The van der Waals surface area contributed by atoms with Crippen LogP contribution in [0.5, 0.6) is 0 Å². The molecule has 4 N–H and O–H groups in total. The quantitative estimate of drug-likeness (QED) is 0.0346. The highest BCUT2D eigenvalue weighted by atomic mass is 16.5. The van der Waals surface area contributed by atoms with Crippen molar-refractivity contribution in [2.45, 2.75) is 123 Å². The SMILES string of the molecule is CCCCOC(=O)[C@H](CC(=O)N[N+](C)(C)C)NC(=O)CC[C@@H]1c2nc(cc3[nH]c(cc4nc(cc5[nH]c6c(c5C)C(=O)C(C(=O)OC)c26)[C@H](CC)[C@H]4C)c(C(C)=O)c3C)[C@H]1C. The van der Waals surface area contributed by atoms with Crippen LogP contribution in [0.1, 0.15) is 163 Å². The summed E-state index contributed by atoms with van der Waals surface area (Å²) in [5, 5.41) is 2.75. The molecule has 0 spiro atoms. The third kappa shape index (κ3) is 8.88. The standard InChI is InChI=1S/C46H59N7O8/c1-12-14-17-61-45(58)35(21-37(56)52-53(8,9)10)49-36(55)16-15-28-23(4)30-18-31-24(5)38(26(7)54)34(48-31)20-29-22(3)27(13-2)33(47-29)19-32-25(6)39-43(51-32)40(42(28)50-30)41(44(39)57)46(59)60-11/h18-20,22-23,27-28,35,41H,12-17,21H2,1-11H3,(H3-,47,48,49,50,51,52,54,55,56,57)/p+1/t22-,23+,27-,28+,35+,41?/m1/s1. The first kappa shape index (κ1) is 44.8. The molecule has 3 aromatic heterocycles. The Morgan fingerprint density at radius 2 is 1.51 bits per heavy atom. The number of hydrogen-bond donors (Lipinski definition) is 4. The van der Waals surface area contributed by atoms with Gasteiger partial charge in [-0.25, -0.2) is 14.8 Å². The van der Waals surface area contributed by atoms with Crippen molar-refractivity contribution in [3.63, 3.8) is 0 Å². The van der Waals surface area contributed by atoms with E-state index < -0.39 is 47.4 Å². The van der Waals surface area contributed by atoms with Gasteiger partial charge in [0, 0.05) is 74.9 Å². The van der Waals surface area contributed by atoms with Crippen molar-refractivity contribution >= 4 is 57.4 Å². The van der Waals surface area contributed by atoms with Gasteiger partial charge in [-0.05, 0) is 69.4 Å². The number of ether oxygens (including phenoxy) is 2. The van der Waals surface area contributed by atoms with Crippen LogP contribution < -0.4 is 10.7 Å². The summed E-state index contributed by atoms with van der Waals surface area (Å²) in [6.07, 6.45) is 2.04. The molecular formula is C46H60N7O8+. The van der Waals surface area contributed by atoms with Crippen molar-refractivity contribution in [1.82, 2.24) is 30.7 Å². The number of aryl methyl sites for hydroxylation is 2. The maximum Gasteiger partial charge on any atom is 0.329 e. The molecule has 0 aromatic carbocycles. The first-order valence-electron chi connectivity index (χ1n) is 21.3. The number of esters is 2. The van der Waals surface area contributed by atoms with Crippen LogP contribution in [0.2, 0.25) is 0 Å². The summed E-state index contributed by atoms with van der Waals surface area (Å²) in [5.41, 5.74) is 10.7. The zero-order valence-electron chi connectivity index (χ0n) is 37.3. The number of aromatic nitrogens is 4. The van der Waals surface area contributed by atoms with Gasteiger partial charge < -0.3 is 24.8 Å². The van der Waals surface area contributed by atoms with Gasteiger partial charge in [0.25, 0.3) is 5.91 Å². The van der Waals surface area contributed by atoms with Crippen molar-refractivity contribution in [2.75, 3.05) is 34.9 Å². The van der Waals surface area contributed by atoms with Crippen molar-refractivity contribution < 1.29 is 42.8 Å². The molecule has 326 valence electrons. The fourth-order valence-electron chi connectivity index (χ4n) is 9.10. The number of aromatic amines is 2. The second kappa shape index (κ2) is 17.7. The zero-order chi connectivity index (χ0) is 44.7. The van der Waals surface area contributed by atoms with E-state index in [0.29, 0.717) is 62.1 Å². The lowest BCUT2D eigenvalue weighted by Gasteiger charge is -2.25. The highest BCUT2D eigenvalue weighted by Crippen LogP contribution is 2.48. The van der Waals surface area contributed by atoms with Gasteiger partial charge in [-0.1, -0.05) is 34.1 Å².